The van der Waals surface area contributed by atoms with Gasteiger partial charge in [0.05, 0.1) is 24.9 Å². The highest BCUT2D eigenvalue weighted by molar-refractivity contribution is 5.79. The van der Waals surface area contributed by atoms with E-state index in [4.69, 9.17) is 4.74 Å². The van der Waals surface area contributed by atoms with Gasteiger partial charge >= 0.3 is 6.43 Å². The van der Waals surface area contributed by atoms with Crippen LogP contribution in [0, 0.1) is 11.8 Å². The first-order valence-corrected chi connectivity index (χ1v) is 11.6. The summed E-state index contributed by atoms with van der Waals surface area (Å²) in [5, 5.41) is 12.1. The fraction of sp³-hybridized carbons (Fsp3) is 0.520. The number of aliphatic hydroxyl groups excluding tert-OH is 1. The number of aliphatic hydroxyl groups is 1. The van der Waals surface area contributed by atoms with E-state index in [1.807, 2.05) is 17.4 Å². The minimum atomic E-state index is -3.27. The maximum absolute atomic E-state index is 13.2. The number of likely N-dealkylation sites (tertiary alicyclic amines) is 1. The summed E-state index contributed by atoms with van der Waals surface area (Å²) in [5.41, 5.74) is 3.07. The Labute approximate surface area is 197 Å². The quantitative estimate of drug-likeness (QED) is 0.580. The van der Waals surface area contributed by atoms with Crippen molar-refractivity contribution < 1.29 is 27.8 Å². The van der Waals surface area contributed by atoms with Crippen LogP contribution < -0.4 is 5.32 Å². The maximum atomic E-state index is 13.2. The predicted octanol–water partition coefficient (Wildman–Crippen LogP) is 3.36. The second-order valence-electron chi connectivity index (χ2n) is 9.09. The molecule has 3 heterocycles. The minimum Gasteiger partial charge on any atom is -0.386 e. The molecule has 2 aliphatic heterocycles. The van der Waals surface area contributed by atoms with E-state index in [0.29, 0.717) is 5.56 Å². The predicted molar refractivity (Wildman–Crippen MR) is 121 cm³/mol. The Kier molecular flexibility index (Phi) is 8.18. The molecule has 1 aromatic heterocycles. The van der Waals surface area contributed by atoms with Gasteiger partial charge in [0.15, 0.2) is 0 Å². The van der Waals surface area contributed by atoms with Crippen molar-refractivity contribution in [2.75, 3.05) is 33.0 Å². The van der Waals surface area contributed by atoms with Crippen molar-refractivity contribution in [3.05, 3.63) is 53.9 Å². The lowest BCUT2D eigenvalue weighted by Gasteiger charge is -2.39. The van der Waals surface area contributed by atoms with E-state index >= 15 is 0 Å². The zero-order chi connectivity index (χ0) is 24.1. The molecule has 2 atom stereocenters. The number of carbonyl (C=O) groups excluding carboxylic acids is 1. The molecule has 1 amide bonds. The third kappa shape index (κ3) is 5.95. The van der Waals surface area contributed by atoms with Gasteiger partial charge in [-0.2, -0.15) is 8.78 Å². The van der Waals surface area contributed by atoms with Crippen LogP contribution in [0.4, 0.5) is 13.2 Å². The van der Waals surface area contributed by atoms with Crippen LogP contribution in [0.3, 0.4) is 0 Å². The largest absolute Gasteiger partial charge is 0.386 e. The summed E-state index contributed by atoms with van der Waals surface area (Å²) in [7, 11) is 0. The Bertz CT molecular complexity index is 931. The van der Waals surface area contributed by atoms with E-state index in [1.165, 1.54) is 12.8 Å². The van der Waals surface area contributed by atoms with Gasteiger partial charge in [-0.15, -0.1) is 0 Å². The Morgan fingerprint density at radius 3 is 2.29 bits per heavy atom. The summed E-state index contributed by atoms with van der Waals surface area (Å²) < 4.78 is 43.4. The molecular weight excluding hydrogens is 447 g/mol. The molecular formula is C25H30F3N3O3. The molecule has 0 bridgehead atoms. The van der Waals surface area contributed by atoms with Crippen molar-refractivity contribution in [2.45, 2.75) is 38.0 Å². The van der Waals surface area contributed by atoms with E-state index in [1.54, 1.807) is 30.5 Å². The molecule has 2 aliphatic rings. The molecule has 9 heteroatoms. The zero-order valence-corrected chi connectivity index (χ0v) is 18.9. The number of ether oxygens (including phenoxy) is 1. The fourth-order valence-electron chi connectivity index (χ4n) is 4.58. The Balaban J connectivity index is 1.31. The number of nitrogens with zero attached hydrogens (tertiary/aromatic N) is 2. The van der Waals surface area contributed by atoms with Gasteiger partial charge in [-0.3, -0.25) is 14.7 Å². The van der Waals surface area contributed by atoms with E-state index in [2.05, 4.69) is 9.88 Å². The van der Waals surface area contributed by atoms with Gasteiger partial charge in [0, 0.05) is 24.2 Å². The number of carbonyl (C=O) groups is 1. The van der Waals surface area contributed by atoms with Gasteiger partial charge < -0.3 is 15.2 Å². The molecule has 0 radical (unpaired) electrons. The average molecular weight is 478 g/mol. The number of piperidine rings is 1. The highest BCUT2D eigenvalue weighted by Gasteiger charge is 2.31. The molecule has 2 aromatic rings. The number of alkyl halides is 3. The van der Waals surface area contributed by atoms with Crippen molar-refractivity contribution in [3.63, 3.8) is 0 Å². The summed E-state index contributed by atoms with van der Waals surface area (Å²) in [6.45, 7) is 3.63. The lowest BCUT2D eigenvalue weighted by Crippen LogP contribution is -2.43. The lowest BCUT2D eigenvalue weighted by molar-refractivity contribution is -0.133. The zero-order valence-electron chi connectivity index (χ0n) is 18.9. The number of hydrogen-bond acceptors (Lipinski definition) is 5. The number of amides is 1. The Hall–Kier alpha value is -2.49. The van der Waals surface area contributed by atoms with Crippen molar-refractivity contribution in [1.82, 2.24) is 15.2 Å². The van der Waals surface area contributed by atoms with Crippen LogP contribution in [0.2, 0.25) is 0 Å². The second-order valence-corrected chi connectivity index (χ2v) is 9.09. The highest BCUT2D eigenvalue weighted by atomic mass is 19.3. The minimum absolute atomic E-state index is 0.322. The van der Waals surface area contributed by atoms with Crippen molar-refractivity contribution in [3.8, 4) is 11.1 Å². The third-order valence-electron chi connectivity index (χ3n) is 6.83. The van der Waals surface area contributed by atoms with Crippen molar-refractivity contribution in [2.24, 2.45) is 11.8 Å². The summed E-state index contributed by atoms with van der Waals surface area (Å²) in [5.74, 6) is -0.0873. The second kappa shape index (κ2) is 11.3. The van der Waals surface area contributed by atoms with Crippen molar-refractivity contribution in [1.29, 1.82) is 0 Å². The first-order valence-electron chi connectivity index (χ1n) is 11.6. The number of hydrogen-bond donors (Lipinski definition) is 2. The Morgan fingerprint density at radius 2 is 1.76 bits per heavy atom. The smallest absolute Gasteiger partial charge is 0.315 e. The van der Waals surface area contributed by atoms with Crippen LogP contribution in [0.15, 0.2) is 42.6 Å². The van der Waals surface area contributed by atoms with Gasteiger partial charge in [-0.25, -0.2) is 4.39 Å². The van der Waals surface area contributed by atoms with Gasteiger partial charge in [-0.05, 0) is 49.0 Å². The molecule has 0 unspecified atom stereocenters. The molecule has 0 spiro atoms. The van der Waals surface area contributed by atoms with Gasteiger partial charge in [-0.1, -0.05) is 30.3 Å². The topological polar surface area (TPSA) is 74.7 Å². The summed E-state index contributed by atoms with van der Waals surface area (Å²) in [6, 6.07) is 9.20. The number of pyridine rings is 1. The number of nitrogens with one attached hydrogen (secondary N) is 1. The molecule has 0 aliphatic carbocycles. The molecule has 4 rings (SSSR count). The highest BCUT2D eigenvalue weighted by Crippen LogP contribution is 2.30. The number of aromatic nitrogens is 1. The standard InChI is InChI=1S/C25H30F3N3O3/c26-11-22(30-25(33)24(27)28)23(32)18-3-1-16(2-4-18)19-5-6-21(29-12-19)13-31-9-7-17(8-10-31)20-14-34-15-20/h1-6,12,17,20,22-24,32H,7-11,13-15H2,(H,30,33)/t22-,23+/m1/s1. The van der Waals surface area contributed by atoms with Crippen LogP contribution in [0.1, 0.15) is 30.2 Å². The van der Waals surface area contributed by atoms with Crippen LogP contribution in [0.25, 0.3) is 11.1 Å². The first kappa shape index (κ1) is 24.6. The molecule has 184 valence electrons. The van der Waals surface area contributed by atoms with E-state index in [-0.39, 0.29) is 0 Å². The molecule has 6 nitrogen and oxygen atoms in total. The average Bonchev–Trinajstić information content (AvgIpc) is 2.82. The lowest BCUT2D eigenvalue weighted by atomic mass is 9.83. The third-order valence-corrected chi connectivity index (χ3v) is 6.83. The summed E-state index contributed by atoms with van der Waals surface area (Å²) >= 11 is 0. The van der Waals surface area contributed by atoms with Crippen LogP contribution in [0.5, 0.6) is 0 Å². The number of halogens is 3. The number of benzene rings is 1. The van der Waals surface area contributed by atoms with Crippen molar-refractivity contribution >= 4 is 5.91 Å². The molecule has 0 saturated carbocycles. The SMILES string of the molecule is O=C(N[C@H](CF)[C@@H](O)c1ccc(-c2ccc(CN3CCC(C4COC4)CC3)nc2)cc1)C(F)F. The van der Waals surface area contributed by atoms with E-state index in [9.17, 15) is 23.1 Å². The summed E-state index contributed by atoms with van der Waals surface area (Å²) in [4.78, 5) is 18.2. The first-order chi connectivity index (χ1) is 16.4. The Morgan fingerprint density at radius 1 is 1.09 bits per heavy atom. The van der Waals surface area contributed by atoms with Crippen LogP contribution >= 0.6 is 0 Å². The number of rotatable bonds is 9. The summed E-state index contributed by atoms with van der Waals surface area (Å²) in [6.07, 6.45) is -0.498. The van der Waals surface area contributed by atoms with Crippen LogP contribution in [-0.2, 0) is 16.1 Å². The van der Waals surface area contributed by atoms with Gasteiger partial charge in [0.25, 0.3) is 5.91 Å². The molecule has 2 saturated heterocycles. The van der Waals surface area contributed by atoms with E-state index < -0.39 is 31.2 Å². The molecule has 1 aromatic carbocycles. The molecule has 2 N–H and O–H groups in total. The monoisotopic (exact) mass is 477 g/mol. The fourth-order valence-corrected chi connectivity index (χ4v) is 4.58. The van der Waals surface area contributed by atoms with Crippen LogP contribution in [-0.4, -0.2) is 66.3 Å². The normalized spacial score (nSPS) is 19.6. The maximum Gasteiger partial charge on any atom is 0.315 e. The van der Waals surface area contributed by atoms with Gasteiger partial charge in [0.1, 0.15) is 12.8 Å². The molecule has 34 heavy (non-hydrogen) atoms. The van der Waals surface area contributed by atoms with Gasteiger partial charge in [0.2, 0.25) is 0 Å². The van der Waals surface area contributed by atoms with E-state index in [0.717, 1.165) is 61.5 Å². The molecule has 2 fully saturated rings.